The number of H-pyrrole nitrogens is 1. The lowest BCUT2D eigenvalue weighted by Gasteiger charge is -2.23. The fourth-order valence-corrected chi connectivity index (χ4v) is 3.93. The summed E-state index contributed by atoms with van der Waals surface area (Å²) >= 11 is 0. The minimum atomic E-state index is -0.106. The smallest absolute Gasteiger partial charge is 0.203 e. The molecule has 1 aliphatic rings. The molecule has 4 rings (SSSR count). The molecule has 2 aromatic carbocycles. The number of ether oxygens (including phenoxy) is 3. The van der Waals surface area contributed by atoms with Gasteiger partial charge in [-0.15, -0.1) is 0 Å². The molecule has 0 spiro atoms. The van der Waals surface area contributed by atoms with E-state index < -0.39 is 0 Å². The van der Waals surface area contributed by atoms with E-state index in [-0.39, 0.29) is 11.5 Å². The van der Waals surface area contributed by atoms with Gasteiger partial charge in [0, 0.05) is 28.7 Å². The number of para-hydroxylation sites is 1. The second-order valence-corrected chi connectivity index (χ2v) is 6.67. The van der Waals surface area contributed by atoms with Crippen molar-refractivity contribution in [3.05, 3.63) is 63.4 Å². The van der Waals surface area contributed by atoms with Crippen LogP contribution in [0.1, 0.15) is 22.9 Å². The molecule has 27 heavy (non-hydrogen) atoms. The zero-order valence-corrected chi connectivity index (χ0v) is 15.8. The zero-order valence-electron chi connectivity index (χ0n) is 15.8. The molecule has 0 saturated heterocycles. The van der Waals surface area contributed by atoms with Gasteiger partial charge in [0.15, 0.2) is 16.9 Å². The number of fused-ring (bicyclic) bond motifs is 2. The molecule has 0 amide bonds. The Bertz CT molecular complexity index is 1050. The maximum absolute atomic E-state index is 13.0. The summed E-state index contributed by atoms with van der Waals surface area (Å²) in [6, 6.07) is 11.4. The second kappa shape index (κ2) is 6.63. The van der Waals surface area contributed by atoms with Gasteiger partial charge >= 0.3 is 0 Å². The highest BCUT2D eigenvalue weighted by Crippen LogP contribution is 2.44. The number of pyridine rings is 1. The van der Waals surface area contributed by atoms with Crippen molar-refractivity contribution < 1.29 is 14.2 Å². The van der Waals surface area contributed by atoms with Crippen molar-refractivity contribution in [1.29, 1.82) is 0 Å². The van der Waals surface area contributed by atoms with E-state index in [9.17, 15) is 4.79 Å². The highest BCUT2D eigenvalue weighted by molar-refractivity contribution is 5.79. The summed E-state index contributed by atoms with van der Waals surface area (Å²) in [6.07, 6.45) is 0. The van der Waals surface area contributed by atoms with Gasteiger partial charge < -0.3 is 19.2 Å². The Hall–Kier alpha value is -2.99. The lowest BCUT2D eigenvalue weighted by molar-refractivity contribution is 0.295. The van der Waals surface area contributed by atoms with Crippen LogP contribution in [-0.2, 0) is 6.54 Å². The van der Waals surface area contributed by atoms with Crippen LogP contribution >= 0.6 is 0 Å². The van der Waals surface area contributed by atoms with Crippen molar-refractivity contribution in [2.24, 2.45) is 0 Å². The summed E-state index contributed by atoms with van der Waals surface area (Å²) in [5.74, 6) is 1.74. The Morgan fingerprint density at radius 3 is 2.33 bits per heavy atom. The Kier molecular flexibility index (Phi) is 4.28. The zero-order chi connectivity index (χ0) is 19.1. The molecule has 1 N–H and O–H groups in total. The summed E-state index contributed by atoms with van der Waals surface area (Å²) in [5, 5.41) is 0.718. The van der Waals surface area contributed by atoms with Crippen molar-refractivity contribution in [2.75, 3.05) is 28.4 Å². The number of nitrogens with zero attached hydrogens (tertiary/aromatic N) is 1. The molecule has 1 atom stereocenters. The van der Waals surface area contributed by atoms with E-state index in [0.29, 0.717) is 23.8 Å². The van der Waals surface area contributed by atoms with E-state index in [4.69, 9.17) is 14.2 Å². The summed E-state index contributed by atoms with van der Waals surface area (Å²) in [6.45, 7) is 0.580. The summed E-state index contributed by atoms with van der Waals surface area (Å²) in [5.41, 5.74) is 3.61. The second-order valence-electron chi connectivity index (χ2n) is 6.67. The summed E-state index contributed by atoms with van der Waals surface area (Å²) in [7, 11) is 6.79. The minimum Gasteiger partial charge on any atom is -0.493 e. The standard InChI is InChI=1S/C21H22N2O4/c1-23-11-14-18(22-15-8-6-5-7-13(15)20(14)24)19(23)12-9-16(25-2)21(27-4)17(10-12)26-3/h5-10,19H,11H2,1-4H3,(H,22,24). The molecule has 2 heterocycles. The maximum atomic E-state index is 13.0. The lowest BCUT2D eigenvalue weighted by Crippen LogP contribution is -2.18. The van der Waals surface area contributed by atoms with Crippen LogP contribution in [-0.4, -0.2) is 38.3 Å². The van der Waals surface area contributed by atoms with Gasteiger partial charge in [-0.3, -0.25) is 9.69 Å². The van der Waals surface area contributed by atoms with Crippen molar-refractivity contribution in [3.8, 4) is 17.2 Å². The Labute approximate surface area is 157 Å². The van der Waals surface area contributed by atoms with E-state index in [1.54, 1.807) is 21.3 Å². The Morgan fingerprint density at radius 2 is 1.70 bits per heavy atom. The molecule has 140 valence electrons. The number of aromatic amines is 1. The number of nitrogens with one attached hydrogen (secondary N) is 1. The molecule has 0 aliphatic carbocycles. The normalized spacial score (nSPS) is 16.4. The van der Waals surface area contributed by atoms with E-state index in [0.717, 1.165) is 27.7 Å². The van der Waals surface area contributed by atoms with Gasteiger partial charge in [0.2, 0.25) is 5.75 Å². The first-order valence-corrected chi connectivity index (χ1v) is 8.73. The first-order valence-electron chi connectivity index (χ1n) is 8.73. The Balaban J connectivity index is 1.94. The van der Waals surface area contributed by atoms with Crippen LogP contribution in [0.3, 0.4) is 0 Å². The van der Waals surface area contributed by atoms with Gasteiger partial charge in [-0.05, 0) is 36.9 Å². The van der Waals surface area contributed by atoms with Gasteiger partial charge in [0.05, 0.1) is 27.4 Å². The SMILES string of the molecule is COc1cc(C2c3[nH]c4ccccc4c(=O)c3CN2C)cc(OC)c1OC. The van der Waals surface area contributed by atoms with Gasteiger partial charge in [-0.2, -0.15) is 0 Å². The van der Waals surface area contributed by atoms with Crippen LogP contribution in [0.4, 0.5) is 0 Å². The van der Waals surface area contributed by atoms with Crippen LogP contribution in [0.15, 0.2) is 41.2 Å². The number of hydrogen-bond donors (Lipinski definition) is 1. The van der Waals surface area contributed by atoms with E-state index >= 15 is 0 Å². The van der Waals surface area contributed by atoms with Crippen molar-refractivity contribution in [2.45, 2.75) is 12.6 Å². The minimum absolute atomic E-state index is 0.0844. The van der Waals surface area contributed by atoms with Gasteiger partial charge in [0.25, 0.3) is 0 Å². The topological polar surface area (TPSA) is 63.8 Å². The molecule has 6 heteroatoms. The molecular formula is C21H22N2O4. The largest absolute Gasteiger partial charge is 0.493 e. The molecule has 1 aliphatic heterocycles. The fraction of sp³-hybridized carbons (Fsp3) is 0.286. The molecule has 1 unspecified atom stereocenters. The monoisotopic (exact) mass is 366 g/mol. The van der Waals surface area contributed by atoms with Crippen molar-refractivity contribution in [3.63, 3.8) is 0 Å². The predicted octanol–water partition coefficient (Wildman–Crippen LogP) is 3.09. The maximum Gasteiger partial charge on any atom is 0.203 e. The first-order chi connectivity index (χ1) is 13.1. The molecular weight excluding hydrogens is 344 g/mol. The third-order valence-corrected chi connectivity index (χ3v) is 5.16. The van der Waals surface area contributed by atoms with E-state index in [2.05, 4.69) is 9.88 Å². The predicted molar refractivity (Wildman–Crippen MR) is 104 cm³/mol. The quantitative estimate of drug-likeness (QED) is 0.769. The number of aromatic nitrogens is 1. The molecule has 0 saturated carbocycles. The van der Waals surface area contributed by atoms with Crippen LogP contribution in [0.25, 0.3) is 10.9 Å². The average molecular weight is 366 g/mol. The average Bonchev–Trinajstić information content (AvgIpc) is 3.03. The van der Waals surface area contributed by atoms with Gasteiger partial charge in [-0.25, -0.2) is 0 Å². The summed E-state index contributed by atoms with van der Waals surface area (Å²) in [4.78, 5) is 18.6. The van der Waals surface area contributed by atoms with E-state index in [1.165, 1.54) is 0 Å². The van der Waals surface area contributed by atoms with Crippen LogP contribution < -0.4 is 19.6 Å². The fourth-order valence-electron chi connectivity index (χ4n) is 3.93. The number of rotatable bonds is 4. The number of methoxy groups -OCH3 is 3. The third-order valence-electron chi connectivity index (χ3n) is 5.16. The number of benzene rings is 2. The van der Waals surface area contributed by atoms with Gasteiger partial charge in [0.1, 0.15) is 0 Å². The third kappa shape index (κ3) is 2.64. The van der Waals surface area contributed by atoms with Crippen LogP contribution in [0.5, 0.6) is 17.2 Å². The van der Waals surface area contributed by atoms with Crippen molar-refractivity contribution in [1.82, 2.24) is 9.88 Å². The van der Waals surface area contributed by atoms with E-state index in [1.807, 2.05) is 43.4 Å². The molecule has 6 nitrogen and oxygen atoms in total. The Morgan fingerprint density at radius 1 is 1.04 bits per heavy atom. The van der Waals surface area contributed by atoms with Crippen LogP contribution in [0, 0.1) is 0 Å². The number of hydrogen-bond acceptors (Lipinski definition) is 5. The van der Waals surface area contributed by atoms with Crippen LogP contribution in [0.2, 0.25) is 0 Å². The summed E-state index contributed by atoms with van der Waals surface area (Å²) < 4.78 is 16.4. The highest BCUT2D eigenvalue weighted by Gasteiger charge is 2.33. The van der Waals surface area contributed by atoms with Crippen molar-refractivity contribution >= 4 is 10.9 Å². The molecule has 0 bridgehead atoms. The molecule has 3 aromatic rings. The molecule has 0 radical (unpaired) electrons. The highest BCUT2D eigenvalue weighted by atomic mass is 16.5. The molecule has 1 aromatic heterocycles. The lowest BCUT2D eigenvalue weighted by atomic mass is 10.0. The molecule has 0 fully saturated rings. The van der Waals surface area contributed by atoms with Gasteiger partial charge in [-0.1, -0.05) is 12.1 Å². The first kappa shape index (κ1) is 17.4.